The molecule has 0 unspecified atom stereocenters. The first-order valence-corrected chi connectivity index (χ1v) is 6.42. The van der Waals surface area contributed by atoms with Gasteiger partial charge in [-0.3, -0.25) is 9.59 Å². The van der Waals surface area contributed by atoms with E-state index in [1.165, 1.54) is 0 Å². The molecule has 7 heteroatoms. The van der Waals surface area contributed by atoms with Crippen molar-refractivity contribution in [1.29, 1.82) is 0 Å². The van der Waals surface area contributed by atoms with Crippen molar-refractivity contribution in [2.75, 3.05) is 19.7 Å². The second-order valence-electron chi connectivity index (χ2n) is 4.25. The summed E-state index contributed by atoms with van der Waals surface area (Å²) in [6.07, 6.45) is -0.447. The SMILES string of the molecule is O=C(Cc1ccc(Cl)cc1)NCCN1C(=O)COC1=O. The van der Waals surface area contributed by atoms with Crippen molar-refractivity contribution in [2.24, 2.45) is 0 Å². The topological polar surface area (TPSA) is 75.7 Å². The average molecular weight is 297 g/mol. The minimum atomic E-state index is -0.665. The molecule has 0 spiro atoms. The average Bonchev–Trinajstić information content (AvgIpc) is 2.73. The van der Waals surface area contributed by atoms with Gasteiger partial charge in [-0.2, -0.15) is 0 Å². The first kappa shape index (κ1) is 14.3. The fraction of sp³-hybridized carbons (Fsp3) is 0.308. The van der Waals surface area contributed by atoms with Crippen molar-refractivity contribution in [3.8, 4) is 0 Å². The Morgan fingerprint density at radius 3 is 2.60 bits per heavy atom. The number of ether oxygens (including phenoxy) is 1. The molecule has 106 valence electrons. The highest BCUT2D eigenvalue weighted by atomic mass is 35.5. The Balaban J connectivity index is 1.74. The summed E-state index contributed by atoms with van der Waals surface area (Å²) in [5.41, 5.74) is 0.837. The number of benzene rings is 1. The van der Waals surface area contributed by atoms with Gasteiger partial charge in [-0.05, 0) is 17.7 Å². The van der Waals surface area contributed by atoms with Crippen molar-refractivity contribution < 1.29 is 19.1 Å². The van der Waals surface area contributed by atoms with Crippen LogP contribution in [0.15, 0.2) is 24.3 Å². The Morgan fingerprint density at radius 1 is 1.30 bits per heavy atom. The quantitative estimate of drug-likeness (QED) is 0.879. The molecule has 0 radical (unpaired) electrons. The summed E-state index contributed by atoms with van der Waals surface area (Å²) < 4.78 is 4.55. The number of carbonyl (C=O) groups excluding carboxylic acids is 3. The molecule has 6 nitrogen and oxygen atoms in total. The highest BCUT2D eigenvalue weighted by Crippen LogP contribution is 2.09. The summed E-state index contributed by atoms with van der Waals surface area (Å²) in [6, 6.07) is 6.96. The van der Waals surface area contributed by atoms with Crippen LogP contribution in [0.3, 0.4) is 0 Å². The van der Waals surface area contributed by atoms with Crippen LogP contribution in [0, 0.1) is 0 Å². The lowest BCUT2D eigenvalue weighted by Crippen LogP contribution is -2.38. The maximum Gasteiger partial charge on any atom is 0.417 e. The molecule has 1 fully saturated rings. The van der Waals surface area contributed by atoms with Crippen LogP contribution in [0.25, 0.3) is 0 Å². The van der Waals surface area contributed by atoms with E-state index in [1.54, 1.807) is 24.3 Å². The standard InChI is InChI=1S/C13H13ClN2O4/c14-10-3-1-9(2-4-10)7-11(17)15-5-6-16-12(18)8-20-13(16)19/h1-4H,5-8H2,(H,15,17). The van der Waals surface area contributed by atoms with E-state index in [1.807, 2.05) is 0 Å². The summed E-state index contributed by atoms with van der Waals surface area (Å²) in [6.45, 7) is 0.0921. The summed E-state index contributed by atoms with van der Waals surface area (Å²) in [5, 5.41) is 3.25. The largest absolute Gasteiger partial charge is 0.439 e. The number of halogens is 1. The third kappa shape index (κ3) is 3.71. The first-order chi connectivity index (χ1) is 9.56. The molecule has 1 aliphatic rings. The van der Waals surface area contributed by atoms with Gasteiger partial charge in [0.1, 0.15) is 0 Å². The Morgan fingerprint density at radius 2 is 2.00 bits per heavy atom. The molecule has 3 amide bonds. The van der Waals surface area contributed by atoms with Gasteiger partial charge >= 0.3 is 6.09 Å². The molecular weight excluding hydrogens is 284 g/mol. The zero-order valence-electron chi connectivity index (χ0n) is 10.6. The zero-order valence-corrected chi connectivity index (χ0v) is 11.4. The van der Waals surface area contributed by atoms with Gasteiger partial charge in [-0.15, -0.1) is 0 Å². The molecule has 0 bridgehead atoms. The van der Waals surface area contributed by atoms with E-state index in [9.17, 15) is 14.4 Å². The number of hydrogen-bond donors (Lipinski definition) is 1. The lowest BCUT2D eigenvalue weighted by Gasteiger charge is -2.11. The summed E-state index contributed by atoms with van der Waals surface area (Å²) in [4.78, 5) is 35.0. The van der Waals surface area contributed by atoms with Crippen LogP contribution < -0.4 is 5.32 Å². The van der Waals surface area contributed by atoms with Gasteiger partial charge in [-0.25, -0.2) is 9.69 Å². The number of cyclic esters (lactones) is 1. The molecule has 20 heavy (non-hydrogen) atoms. The van der Waals surface area contributed by atoms with Crippen molar-refractivity contribution in [3.63, 3.8) is 0 Å². The molecule has 2 rings (SSSR count). The maximum atomic E-state index is 11.7. The van der Waals surface area contributed by atoms with Gasteiger partial charge < -0.3 is 10.1 Å². The fourth-order valence-electron chi connectivity index (χ4n) is 1.75. The molecule has 1 aliphatic heterocycles. The van der Waals surface area contributed by atoms with Crippen LogP contribution in [0.2, 0.25) is 5.02 Å². The predicted octanol–water partition coefficient (Wildman–Crippen LogP) is 0.977. The molecule has 0 aromatic heterocycles. The number of nitrogens with zero attached hydrogens (tertiary/aromatic N) is 1. The van der Waals surface area contributed by atoms with E-state index in [0.29, 0.717) is 5.02 Å². The van der Waals surface area contributed by atoms with Crippen LogP contribution >= 0.6 is 11.6 Å². The van der Waals surface area contributed by atoms with E-state index in [2.05, 4.69) is 10.1 Å². The van der Waals surface area contributed by atoms with Gasteiger partial charge in [-0.1, -0.05) is 23.7 Å². The Bertz CT molecular complexity index is 514. The molecule has 1 aromatic carbocycles. The molecule has 0 saturated carbocycles. The molecule has 1 aromatic rings. The third-order valence-corrected chi connectivity index (χ3v) is 3.03. The van der Waals surface area contributed by atoms with Gasteiger partial charge in [0.05, 0.1) is 6.42 Å². The second-order valence-corrected chi connectivity index (χ2v) is 4.69. The number of rotatable bonds is 5. The van der Waals surface area contributed by atoms with Gasteiger partial charge in [0.2, 0.25) is 5.91 Å². The number of carbonyl (C=O) groups is 3. The number of nitrogens with one attached hydrogen (secondary N) is 1. The van der Waals surface area contributed by atoms with Gasteiger partial charge in [0.25, 0.3) is 5.91 Å². The van der Waals surface area contributed by atoms with Crippen LogP contribution in [-0.2, 0) is 20.7 Å². The highest BCUT2D eigenvalue weighted by Gasteiger charge is 2.30. The van der Waals surface area contributed by atoms with Crippen LogP contribution in [0.1, 0.15) is 5.56 Å². The Labute approximate surface area is 120 Å². The van der Waals surface area contributed by atoms with Crippen molar-refractivity contribution in [2.45, 2.75) is 6.42 Å². The van der Waals surface area contributed by atoms with Gasteiger partial charge in [0, 0.05) is 18.1 Å². The zero-order chi connectivity index (χ0) is 14.5. The molecule has 0 aliphatic carbocycles. The number of hydrogen-bond acceptors (Lipinski definition) is 4. The Kier molecular flexibility index (Phi) is 4.57. The fourth-order valence-corrected chi connectivity index (χ4v) is 1.88. The van der Waals surface area contributed by atoms with Crippen LogP contribution in [0.4, 0.5) is 4.79 Å². The predicted molar refractivity (Wildman–Crippen MR) is 71.2 cm³/mol. The maximum absolute atomic E-state index is 11.7. The lowest BCUT2D eigenvalue weighted by atomic mass is 10.1. The number of imide groups is 1. The summed E-state index contributed by atoms with van der Waals surface area (Å²) in [7, 11) is 0. The summed E-state index contributed by atoms with van der Waals surface area (Å²) >= 11 is 5.75. The van der Waals surface area contributed by atoms with E-state index in [4.69, 9.17) is 11.6 Å². The van der Waals surface area contributed by atoms with Crippen molar-refractivity contribution in [1.82, 2.24) is 10.2 Å². The van der Waals surface area contributed by atoms with E-state index in [0.717, 1.165) is 10.5 Å². The first-order valence-electron chi connectivity index (χ1n) is 6.04. The third-order valence-electron chi connectivity index (χ3n) is 2.78. The van der Waals surface area contributed by atoms with Crippen LogP contribution in [0.5, 0.6) is 0 Å². The van der Waals surface area contributed by atoms with E-state index >= 15 is 0 Å². The lowest BCUT2D eigenvalue weighted by molar-refractivity contribution is -0.126. The second kappa shape index (κ2) is 6.38. The molecular formula is C13H13ClN2O4. The molecule has 0 atom stereocenters. The van der Waals surface area contributed by atoms with E-state index in [-0.39, 0.29) is 37.9 Å². The van der Waals surface area contributed by atoms with Crippen molar-refractivity contribution >= 4 is 29.5 Å². The van der Waals surface area contributed by atoms with Crippen molar-refractivity contribution in [3.05, 3.63) is 34.9 Å². The monoisotopic (exact) mass is 296 g/mol. The highest BCUT2D eigenvalue weighted by molar-refractivity contribution is 6.30. The molecule has 1 N–H and O–H groups in total. The summed E-state index contributed by atoms with van der Waals surface area (Å²) in [5.74, 6) is -0.575. The number of amides is 3. The Hall–Kier alpha value is -2.08. The minimum absolute atomic E-state index is 0.115. The normalized spacial score (nSPS) is 14.3. The van der Waals surface area contributed by atoms with Crippen LogP contribution in [-0.4, -0.2) is 42.5 Å². The smallest absolute Gasteiger partial charge is 0.417 e. The molecule has 1 heterocycles. The minimum Gasteiger partial charge on any atom is -0.439 e. The van der Waals surface area contributed by atoms with E-state index < -0.39 is 6.09 Å². The molecule has 1 saturated heterocycles. The van der Waals surface area contributed by atoms with Gasteiger partial charge in [0.15, 0.2) is 6.61 Å².